The fourth-order valence-corrected chi connectivity index (χ4v) is 2.69. The summed E-state index contributed by atoms with van der Waals surface area (Å²) in [5, 5.41) is 0. The topological polar surface area (TPSA) is 38.5 Å². The molecule has 2 N–H and O–H groups in total. The highest BCUT2D eigenvalue weighted by Gasteiger charge is 2.23. The second-order valence-corrected chi connectivity index (χ2v) is 5.13. The van der Waals surface area contributed by atoms with Crippen LogP contribution in [0.4, 0.5) is 0 Å². The van der Waals surface area contributed by atoms with E-state index in [1.165, 1.54) is 12.2 Å². The van der Waals surface area contributed by atoms with Crippen molar-refractivity contribution in [3.8, 4) is 0 Å². The van der Waals surface area contributed by atoms with E-state index >= 15 is 0 Å². The molecule has 0 aromatic carbocycles. The minimum Gasteiger partial charge on any atom is -0.381 e. The van der Waals surface area contributed by atoms with Gasteiger partial charge in [-0.25, -0.2) is 0 Å². The molecule has 1 heterocycles. The van der Waals surface area contributed by atoms with E-state index in [9.17, 15) is 0 Å². The van der Waals surface area contributed by atoms with Crippen molar-refractivity contribution in [1.29, 1.82) is 0 Å². The summed E-state index contributed by atoms with van der Waals surface area (Å²) in [5.41, 5.74) is 5.83. The van der Waals surface area contributed by atoms with Crippen LogP contribution in [0.15, 0.2) is 0 Å². The predicted molar refractivity (Wildman–Crippen MR) is 67.4 cm³/mol. The Hall–Kier alpha value is 0.230. The average Bonchev–Trinajstić information content (AvgIpc) is 2.31. The molecule has 1 saturated heterocycles. The molecule has 90 valence electrons. The Morgan fingerprint density at radius 1 is 1.47 bits per heavy atom. The second-order valence-electron chi connectivity index (χ2n) is 4.14. The Balaban J connectivity index is 2.29. The lowest BCUT2D eigenvalue weighted by Gasteiger charge is -2.36. The zero-order valence-electron chi connectivity index (χ0n) is 9.95. The molecule has 1 aliphatic rings. The first-order chi connectivity index (χ1) is 7.31. The molecule has 0 aliphatic carbocycles. The quantitative estimate of drug-likeness (QED) is 0.746. The molecule has 4 heteroatoms. The largest absolute Gasteiger partial charge is 0.381 e. The number of nitrogens with two attached hydrogens (primary N) is 1. The maximum Gasteiger partial charge on any atom is 0.0595 e. The monoisotopic (exact) mass is 232 g/mol. The lowest BCUT2D eigenvalue weighted by atomic mass is 10.0. The molecule has 0 radical (unpaired) electrons. The average molecular weight is 232 g/mol. The van der Waals surface area contributed by atoms with Gasteiger partial charge in [-0.1, -0.05) is 0 Å². The molecular weight excluding hydrogens is 208 g/mol. The van der Waals surface area contributed by atoms with E-state index < -0.39 is 0 Å². The maximum absolute atomic E-state index is 5.83. The number of hydrogen-bond donors (Lipinski definition) is 1. The number of rotatable bonds is 6. The molecule has 1 unspecified atom stereocenters. The van der Waals surface area contributed by atoms with E-state index in [2.05, 4.69) is 11.2 Å². The van der Waals surface area contributed by atoms with Crippen LogP contribution in [-0.2, 0) is 4.74 Å². The Morgan fingerprint density at radius 3 is 2.60 bits per heavy atom. The zero-order valence-corrected chi connectivity index (χ0v) is 10.8. The van der Waals surface area contributed by atoms with Crippen LogP contribution in [0.2, 0.25) is 0 Å². The first-order valence-corrected chi connectivity index (χ1v) is 7.17. The third-order valence-electron chi connectivity index (χ3n) is 3.25. The second kappa shape index (κ2) is 7.49. The molecule has 3 nitrogen and oxygen atoms in total. The zero-order chi connectivity index (χ0) is 11.1. The normalized spacial score (nSPS) is 21.8. The summed E-state index contributed by atoms with van der Waals surface area (Å²) in [6.45, 7) is 3.09. The molecule has 1 rings (SSSR count). The van der Waals surface area contributed by atoms with Crippen molar-refractivity contribution in [2.75, 3.05) is 38.8 Å². The number of likely N-dealkylation sites (tertiary alicyclic amines) is 1. The molecule has 1 fully saturated rings. The molecule has 0 spiro atoms. The van der Waals surface area contributed by atoms with Crippen molar-refractivity contribution in [1.82, 2.24) is 4.90 Å². The van der Waals surface area contributed by atoms with Gasteiger partial charge in [0.1, 0.15) is 0 Å². The van der Waals surface area contributed by atoms with Gasteiger partial charge in [-0.2, -0.15) is 11.8 Å². The van der Waals surface area contributed by atoms with Crippen molar-refractivity contribution >= 4 is 11.8 Å². The number of methoxy groups -OCH3 is 1. The number of piperidine rings is 1. The van der Waals surface area contributed by atoms with Gasteiger partial charge in [0.25, 0.3) is 0 Å². The van der Waals surface area contributed by atoms with Crippen LogP contribution in [0, 0.1) is 0 Å². The molecule has 1 aliphatic heterocycles. The van der Waals surface area contributed by atoms with Gasteiger partial charge in [0, 0.05) is 32.8 Å². The molecule has 0 saturated carbocycles. The fraction of sp³-hybridized carbons (Fsp3) is 1.00. The first-order valence-electron chi connectivity index (χ1n) is 5.77. The maximum atomic E-state index is 5.83. The Bertz CT molecular complexity index is 161. The first kappa shape index (κ1) is 13.3. The van der Waals surface area contributed by atoms with Crippen molar-refractivity contribution in [3.63, 3.8) is 0 Å². The van der Waals surface area contributed by atoms with Crippen molar-refractivity contribution in [3.05, 3.63) is 0 Å². The van der Waals surface area contributed by atoms with Gasteiger partial charge in [0.2, 0.25) is 0 Å². The summed E-state index contributed by atoms with van der Waals surface area (Å²) in [6, 6.07) is 0.579. The summed E-state index contributed by atoms with van der Waals surface area (Å²) in [5.74, 6) is 1.21. The Morgan fingerprint density at radius 2 is 2.13 bits per heavy atom. The van der Waals surface area contributed by atoms with Crippen molar-refractivity contribution in [2.24, 2.45) is 5.73 Å². The van der Waals surface area contributed by atoms with Gasteiger partial charge in [-0.05, 0) is 31.3 Å². The Kier molecular flexibility index (Phi) is 6.64. The van der Waals surface area contributed by atoms with E-state index in [4.69, 9.17) is 10.5 Å². The van der Waals surface area contributed by atoms with Crippen LogP contribution in [0.1, 0.15) is 19.3 Å². The number of nitrogens with zero attached hydrogens (tertiary/aromatic N) is 1. The molecule has 0 amide bonds. The van der Waals surface area contributed by atoms with Gasteiger partial charge in [-0.15, -0.1) is 0 Å². The van der Waals surface area contributed by atoms with E-state index in [1.807, 2.05) is 18.9 Å². The fourth-order valence-electron chi connectivity index (χ4n) is 2.18. The van der Waals surface area contributed by atoms with Crippen molar-refractivity contribution < 1.29 is 4.74 Å². The third kappa shape index (κ3) is 4.31. The van der Waals surface area contributed by atoms with Crippen LogP contribution in [0.3, 0.4) is 0 Å². The van der Waals surface area contributed by atoms with E-state index in [-0.39, 0.29) is 0 Å². The SMILES string of the molecule is COC1CCN(C(CN)CCSC)CC1. The summed E-state index contributed by atoms with van der Waals surface area (Å²) in [4.78, 5) is 2.53. The summed E-state index contributed by atoms with van der Waals surface area (Å²) >= 11 is 1.91. The molecule has 1 atom stereocenters. The highest BCUT2D eigenvalue weighted by atomic mass is 32.2. The Labute approximate surface area is 97.7 Å². The third-order valence-corrected chi connectivity index (χ3v) is 3.90. The summed E-state index contributed by atoms with van der Waals surface area (Å²) < 4.78 is 5.37. The van der Waals surface area contributed by atoms with Gasteiger partial charge in [-0.3, -0.25) is 4.90 Å². The molecule has 15 heavy (non-hydrogen) atoms. The number of ether oxygens (including phenoxy) is 1. The highest BCUT2D eigenvalue weighted by Crippen LogP contribution is 2.17. The lowest BCUT2D eigenvalue weighted by molar-refractivity contribution is 0.0280. The molecule has 0 bridgehead atoms. The van der Waals surface area contributed by atoms with Gasteiger partial charge >= 0.3 is 0 Å². The minimum atomic E-state index is 0.472. The predicted octanol–water partition coefficient (Wildman–Crippen LogP) is 1.18. The van der Waals surface area contributed by atoms with Crippen LogP contribution in [0.25, 0.3) is 0 Å². The van der Waals surface area contributed by atoms with E-state index in [1.54, 1.807) is 0 Å². The molecular formula is C11H24N2OS. The van der Waals surface area contributed by atoms with Gasteiger partial charge in [0.15, 0.2) is 0 Å². The van der Waals surface area contributed by atoms with Gasteiger partial charge in [0.05, 0.1) is 6.10 Å². The standard InChI is InChI=1S/C11H24N2OS/c1-14-11-3-6-13(7-4-11)10(9-12)5-8-15-2/h10-11H,3-9,12H2,1-2H3. The van der Waals surface area contributed by atoms with E-state index in [0.717, 1.165) is 32.5 Å². The molecule has 0 aromatic heterocycles. The van der Waals surface area contributed by atoms with Crippen LogP contribution in [-0.4, -0.2) is 55.8 Å². The number of hydrogen-bond acceptors (Lipinski definition) is 4. The van der Waals surface area contributed by atoms with Crippen molar-refractivity contribution in [2.45, 2.75) is 31.4 Å². The highest BCUT2D eigenvalue weighted by molar-refractivity contribution is 7.98. The van der Waals surface area contributed by atoms with Crippen LogP contribution in [0.5, 0.6) is 0 Å². The van der Waals surface area contributed by atoms with Crippen LogP contribution < -0.4 is 5.73 Å². The van der Waals surface area contributed by atoms with E-state index in [0.29, 0.717) is 12.1 Å². The number of thioether (sulfide) groups is 1. The summed E-state index contributed by atoms with van der Waals surface area (Å²) in [6.07, 6.45) is 6.17. The molecule has 0 aromatic rings. The minimum absolute atomic E-state index is 0.472. The van der Waals surface area contributed by atoms with Gasteiger partial charge < -0.3 is 10.5 Å². The smallest absolute Gasteiger partial charge is 0.0595 e. The summed E-state index contributed by atoms with van der Waals surface area (Å²) in [7, 11) is 1.81. The van der Waals surface area contributed by atoms with Crippen LogP contribution >= 0.6 is 11.8 Å². The lowest BCUT2D eigenvalue weighted by Crippen LogP contribution is -2.46.